The zero-order chi connectivity index (χ0) is 17.5. The Hall–Kier alpha value is -3.40. The molecule has 0 amide bonds. The molecule has 0 aliphatic carbocycles. The molecule has 3 rings (SSSR count). The molecule has 0 unspecified atom stereocenters. The second-order valence-corrected chi connectivity index (χ2v) is 5.36. The molecule has 4 heteroatoms. The Labute approximate surface area is 146 Å². The van der Waals surface area contributed by atoms with Gasteiger partial charge in [-0.2, -0.15) is 5.10 Å². The number of ketones is 1. The summed E-state index contributed by atoms with van der Waals surface area (Å²) in [5.74, 6) is 0.631. The van der Waals surface area contributed by atoms with E-state index in [1.165, 1.54) is 0 Å². The number of nitrogens with zero attached hydrogens (tertiary/aromatic N) is 1. The monoisotopic (exact) mass is 330 g/mol. The van der Waals surface area contributed by atoms with Crippen LogP contribution >= 0.6 is 0 Å². The Kier molecular flexibility index (Phi) is 5.22. The molecule has 0 fully saturated rings. The molecule has 0 atom stereocenters. The van der Waals surface area contributed by atoms with Crippen molar-refractivity contribution in [3.05, 3.63) is 96.1 Å². The lowest BCUT2D eigenvalue weighted by Gasteiger charge is -2.08. The molecule has 0 heterocycles. The minimum absolute atomic E-state index is 0.132. The second-order valence-electron chi connectivity index (χ2n) is 5.36. The molecule has 0 saturated carbocycles. The van der Waals surface area contributed by atoms with E-state index in [0.29, 0.717) is 11.3 Å². The first-order valence-corrected chi connectivity index (χ1v) is 7.91. The summed E-state index contributed by atoms with van der Waals surface area (Å²) < 4.78 is 5.14. The fourth-order valence-corrected chi connectivity index (χ4v) is 2.35. The van der Waals surface area contributed by atoms with E-state index >= 15 is 0 Å². The van der Waals surface area contributed by atoms with Gasteiger partial charge in [0.2, 0.25) is 5.78 Å². The number of rotatable bonds is 6. The van der Waals surface area contributed by atoms with Gasteiger partial charge in [-0.3, -0.25) is 10.2 Å². The number of methoxy groups -OCH3 is 1. The number of nitrogens with one attached hydrogen (secondary N) is 1. The number of benzene rings is 3. The highest BCUT2D eigenvalue weighted by atomic mass is 16.5. The highest BCUT2D eigenvalue weighted by Gasteiger charge is 2.16. The molecule has 0 aliphatic rings. The maximum Gasteiger partial charge on any atom is 0.213 e. The normalized spacial score (nSPS) is 11.0. The van der Waals surface area contributed by atoms with Crippen LogP contribution in [0.25, 0.3) is 0 Å². The van der Waals surface area contributed by atoms with Crippen molar-refractivity contribution in [2.45, 2.75) is 0 Å². The fourth-order valence-electron chi connectivity index (χ4n) is 2.35. The van der Waals surface area contributed by atoms with Gasteiger partial charge in [0.1, 0.15) is 11.5 Å². The van der Waals surface area contributed by atoms with Crippen molar-refractivity contribution in [3.63, 3.8) is 0 Å². The number of carbonyl (C=O) groups excluding carboxylic acids is 1. The van der Waals surface area contributed by atoms with Crippen LogP contribution in [0.2, 0.25) is 0 Å². The first-order valence-electron chi connectivity index (χ1n) is 7.91. The maximum absolute atomic E-state index is 12.9. The summed E-state index contributed by atoms with van der Waals surface area (Å²) in [6.45, 7) is 0. The van der Waals surface area contributed by atoms with Crippen molar-refractivity contribution in [2.24, 2.45) is 5.10 Å². The minimum Gasteiger partial charge on any atom is -0.497 e. The largest absolute Gasteiger partial charge is 0.497 e. The lowest BCUT2D eigenvalue weighted by Crippen LogP contribution is -2.17. The van der Waals surface area contributed by atoms with Crippen molar-refractivity contribution in [1.82, 2.24) is 0 Å². The van der Waals surface area contributed by atoms with Gasteiger partial charge in [0.15, 0.2) is 0 Å². The van der Waals surface area contributed by atoms with E-state index in [9.17, 15) is 4.79 Å². The number of ether oxygens (including phenoxy) is 1. The van der Waals surface area contributed by atoms with E-state index in [4.69, 9.17) is 4.74 Å². The summed E-state index contributed by atoms with van der Waals surface area (Å²) in [7, 11) is 1.62. The highest BCUT2D eigenvalue weighted by molar-refractivity contribution is 6.51. The molecule has 3 aromatic carbocycles. The minimum atomic E-state index is -0.132. The molecule has 124 valence electrons. The maximum atomic E-state index is 12.9. The highest BCUT2D eigenvalue weighted by Crippen LogP contribution is 2.16. The molecule has 4 nitrogen and oxygen atoms in total. The molecule has 0 saturated heterocycles. The Morgan fingerprint density at radius 3 is 1.92 bits per heavy atom. The van der Waals surface area contributed by atoms with Crippen LogP contribution in [-0.2, 0) is 0 Å². The summed E-state index contributed by atoms with van der Waals surface area (Å²) in [4.78, 5) is 12.9. The fraction of sp³-hybridized carbons (Fsp3) is 0.0476. The van der Waals surface area contributed by atoms with E-state index in [1.54, 1.807) is 19.2 Å². The molecular formula is C21H18N2O2. The van der Waals surface area contributed by atoms with Gasteiger partial charge in [0.05, 0.1) is 12.8 Å². The third-order valence-electron chi connectivity index (χ3n) is 3.69. The van der Waals surface area contributed by atoms with Crippen LogP contribution in [0.1, 0.15) is 15.9 Å². The van der Waals surface area contributed by atoms with Crippen LogP contribution in [0.15, 0.2) is 90.0 Å². The van der Waals surface area contributed by atoms with Crippen LogP contribution in [0.3, 0.4) is 0 Å². The van der Waals surface area contributed by atoms with Crippen molar-refractivity contribution in [2.75, 3.05) is 12.5 Å². The number of hydrazone groups is 1. The summed E-state index contributed by atoms with van der Waals surface area (Å²) in [5, 5.41) is 4.37. The molecule has 0 spiro atoms. The third kappa shape index (κ3) is 4.12. The topological polar surface area (TPSA) is 50.7 Å². The van der Waals surface area contributed by atoms with Crippen LogP contribution in [0.5, 0.6) is 5.75 Å². The third-order valence-corrected chi connectivity index (χ3v) is 3.69. The molecule has 0 bridgehead atoms. The number of carbonyl (C=O) groups is 1. The molecule has 0 aromatic heterocycles. The first-order chi connectivity index (χ1) is 12.3. The molecular weight excluding hydrogens is 312 g/mol. The predicted molar refractivity (Wildman–Crippen MR) is 100 cm³/mol. The first kappa shape index (κ1) is 16.5. The molecule has 0 aliphatic heterocycles. The zero-order valence-corrected chi connectivity index (χ0v) is 13.8. The van der Waals surface area contributed by atoms with Crippen LogP contribution in [0.4, 0.5) is 5.69 Å². The van der Waals surface area contributed by atoms with E-state index in [2.05, 4.69) is 10.5 Å². The smallest absolute Gasteiger partial charge is 0.213 e. The Bertz CT molecular complexity index is 857. The predicted octanol–water partition coefficient (Wildman–Crippen LogP) is 4.39. The molecule has 25 heavy (non-hydrogen) atoms. The summed E-state index contributed by atoms with van der Waals surface area (Å²) in [5.41, 5.74) is 5.45. The van der Waals surface area contributed by atoms with Crippen LogP contribution < -0.4 is 10.2 Å². The Balaban J connectivity index is 1.92. The summed E-state index contributed by atoms with van der Waals surface area (Å²) in [6.07, 6.45) is 0. The SMILES string of the molecule is COc1ccc(N/N=C(/C(=O)c2ccccc2)c2ccccc2)cc1. The quantitative estimate of drug-likeness (QED) is 0.414. The number of hydrogen-bond acceptors (Lipinski definition) is 4. The van der Waals surface area contributed by atoms with E-state index in [0.717, 1.165) is 17.0 Å². The number of Topliss-reactive ketones (excluding diaryl/α,β-unsaturated/α-hetero) is 1. The van der Waals surface area contributed by atoms with Gasteiger partial charge in [-0.15, -0.1) is 0 Å². The van der Waals surface area contributed by atoms with Crippen LogP contribution in [-0.4, -0.2) is 18.6 Å². The lowest BCUT2D eigenvalue weighted by atomic mass is 10.0. The van der Waals surface area contributed by atoms with Gasteiger partial charge in [0, 0.05) is 11.1 Å². The van der Waals surface area contributed by atoms with Gasteiger partial charge in [-0.25, -0.2) is 0 Å². The van der Waals surface area contributed by atoms with E-state index in [1.807, 2.05) is 72.8 Å². The summed E-state index contributed by atoms with van der Waals surface area (Å²) >= 11 is 0. The van der Waals surface area contributed by atoms with Gasteiger partial charge in [0.25, 0.3) is 0 Å². The van der Waals surface area contributed by atoms with Crippen LogP contribution in [0, 0.1) is 0 Å². The van der Waals surface area contributed by atoms with Crippen molar-refractivity contribution < 1.29 is 9.53 Å². The molecule has 1 N–H and O–H groups in total. The lowest BCUT2D eigenvalue weighted by molar-refractivity contribution is 0.106. The molecule has 3 aromatic rings. The Morgan fingerprint density at radius 2 is 1.36 bits per heavy atom. The second kappa shape index (κ2) is 7.93. The van der Waals surface area contributed by atoms with Crippen molar-refractivity contribution >= 4 is 17.2 Å². The van der Waals surface area contributed by atoms with E-state index in [-0.39, 0.29) is 5.78 Å². The number of hydrogen-bond donors (Lipinski definition) is 1. The number of anilines is 1. The van der Waals surface area contributed by atoms with Crippen molar-refractivity contribution in [1.29, 1.82) is 0 Å². The van der Waals surface area contributed by atoms with Gasteiger partial charge in [-0.1, -0.05) is 60.7 Å². The molecule has 0 radical (unpaired) electrons. The van der Waals surface area contributed by atoms with Crippen molar-refractivity contribution in [3.8, 4) is 5.75 Å². The standard InChI is InChI=1S/C21H18N2O2/c1-25-19-14-12-18(13-15-19)22-23-20(16-8-4-2-5-9-16)21(24)17-10-6-3-7-11-17/h2-15,22H,1H3/b23-20+. The summed E-state index contributed by atoms with van der Waals surface area (Å²) in [6, 6.07) is 25.9. The average molecular weight is 330 g/mol. The average Bonchev–Trinajstić information content (AvgIpc) is 2.70. The van der Waals surface area contributed by atoms with Gasteiger partial charge < -0.3 is 4.74 Å². The van der Waals surface area contributed by atoms with Gasteiger partial charge >= 0.3 is 0 Å². The Morgan fingerprint density at radius 1 is 0.800 bits per heavy atom. The van der Waals surface area contributed by atoms with E-state index < -0.39 is 0 Å². The zero-order valence-electron chi connectivity index (χ0n) is 13.8. The van der Waals surface area contributed by atoms with Gasteiger partial charge in [-0.05, 0) is 24.3 Å².